The van der Waals surface area contributed by atoms with Gasteiger partial charge >= 0.3 is 0 Å². The number of pyridine rings is 1. The van der Waals surface area contributed by atoms with Gasteiger partial charge in [0.25, 0.3) is 0 Å². The molecular weight excluding hydrogens is 399 g/mol. The van der Waals surface area contributed by atoms with Crippen LogP contribution in [0.2, 0.25) is 5.15 Å². The van der Waals surface area contributed by atoms with Gasteiger partial charge in [0, 0.05) is 25.8 Å². The van der Waals surface area contributed by atoms with Gasteiger partial charge in [0.05, 0.1) is 0 Å². The van der Waals surface area contributed by atoms with Crippen LogP contribution in [0.3, 0.4) is 0 Å². The van der Waals surface area contributed by atoms with Crippen LogP contribution in [0.5, 0.6) is 0 Å². The Morgan fingerprint density at radius 3 is 2.62 bits per heavy atom. The van der Waals surface area contributed by atoms with Crippen LogP contribution >= 0.6 is 35.6 Å². The van der Waals surface area contributed by atoms with Crippen LogP contribution in [0, 0.1) is 5.92 Å². The predicted octanol–water partition coefficient (Wildman–Crippen LogP) is 3.60. The molecule has 0 aliphatic heterocycles. The maximum atomic E-state index is 5.77. The van der Waals surface area contributed by atoms with Crippen LogP contribution in [-0.4, -0.2) is 24.0 Å². The first kappa shape index (κ1) is 18.5. The summed E-state index contributed by atoms with van der Waals surface area (Å²) >= 11 is 5.77. The molecule has 1 aromatic heterocycles. The number of halogens is 2. The number of hydrogen-bond acceptors (Lipinski definition) is 2. The van der Waals surface area contributed by atoms with Crippen molar-refractivity contribution >= 4 is 41.5 Å². The average Bonchev–Trinajstić information content (AvgIpc) is 2.47. The Kier molecular flexibility index (Phi) is 8.33. The van der Waals surface area contributed by atoms with Gasteiger partial charge in [-0.2, -0.15) is 0 Å². The number of guanidine groups is 1. The van der Waals surface area contributed by atoms with Crippen molar-refractivity contribution in [3.05, 3.63) is 29.0 Å². The summed E-state index contributed by atoms with van der Waals surface area (Å²) in [6.45, 7) is 3.03. The largest absolute Gasteiger partial charge is 0.354 e. The Morgan fingerprint density at radius 1 is 1.33 bits per heavy atom. The summed E-state index contributed by atoms with van der Waals surface area (Å²) in [4.78, 5) is 8.35. The first-order valence-electron chi connectivity index (χ1n) is 7.25. The molecule has 0 spiro atoms. The normalized spacial score (nSPS) is 22.3. The predicted molar refractivity (Wildman–Crippen MR) is 99.4 cm³/mol. The molecule has 0 aromatic carbocycles. The summed E-state index contributed by atoms with van der Waals surface area (Å²) in [6, 6.07) is 4.32. The van der Waals surface area contributed by atoms with Crippen molar-refractivity contribution in [1.29, 1.82) is 0 Å². The molecule has 6 heteroatoms. The second-order valence-corrected chi connectivity index (χ2v) is 5.90. The maximum absolute atomic E-state index is 5.77. The van der Waals surface area contributed by atoms with Crippen molar-refractivity contribution in [2.75, 3.05) is 7.05 Å². The number of aromatic nitrogens is 1. The third kappa shape index (κ3) is 6.38. The summed E-state index contributed by atoms with van der Waals surface area (Å²) in [6.07, 6.45) is 6.84. The Hall–Kier alpha value is -0.560. The molecule has 1 fully saturated rings. The molecule has 0 atom stereocenters. The van der Waals surface area contributed by atoms with Gasteiger partial charge < -0.3 is 10.6 Å². The smallest absolute Gasteiger partial charge is 0.191 e. The van der Waals surface area contributed by atoms with Crippen LogP contribution in [0.4, 0.5) is 0 Å². The number of nitrogens with one attached hydrogen (secondary N) is 2. The first-order valence-corrected chi connectivity index (χ1v) is 7.63. The molecule has 1 aliphatic rings. The van der Waals surface area contributed by atoms with Gasteiger partial charge in [0.1, 0.15) is 5.15 Å². The standard InChI is InChI=1S/C15H23ClN4.HI/c1-11-3-6-13(7-4-11)20-15(17-2)19-10-12-5-8-14(16)18-9-12;/h5,8-9,11,13H,3-4,6-7,10H2,1-2H3,(H2,17,19,20);1H. The number of rotatable bonds is 3. The van der Waals surface area contributed by atoms with Crippen LogP contribution in [0.1, 0.15) is 38.2 Å². The second-order valence-electron chi connectivity index (χ2n) is 5.52. The molecule has 1 aromatic rings. The Balaban J connectivity index is 0.00000220. The summed E-state index contributed by atoms with van der Waals surface area (Å²) in [5.41, 5.74) is 1.09. The van der Waals surface area contributed by atoms with E-state index in [0.29, 0.717) is 17.7 Å². The Bertz CT molecular complexity index is 441. The summed E-state index contributed by atoms with van der Waals surface area (Å²) in [7, 11) is 1.81. The molecule has 21 heavy (non-hydrogen) atoms. The Morgan fingerprint density at radius 2 is 2.05 bits per heavy atom. The highest BCUT2D eigenvalue weighted by atomic mass is 127. The SMILES string of the molecule is CN=C(NCc1ccc(Cl)nc1)NC1CCC(C)CC1.I. The molecule has 0 saturated heterocycles. The number of hydrogen-bond donors (Lipinski definition) is 2. The molecule has 0 radical (unpaired) electrons. The van der Waals surface area contributed by atoms with Crippen molar-refractivity contribution < 1.29 is 0 Å². The fourth-order valence-corrected chi connectivity index (χ4v) is 2.60. The number of nitrogens with zero attached hydrogens (tertiary/aromatic N) is 2. The molecule has 1 heterocycles. The van der Waals surface area contributed by atoms with Crippen LogP contribution < -0.4 is 10.6 Å². The average molecular weight is 423 g/mol. The summed E-state index contributed by atoms with van der Waals surface area (Å²) in [5, 5.41) is 7.34. The molecule has 4 nitrogen and oxygen atoms in total. The van der Waals surface area contributed by atoms with E-state index in [4.69, 9.17) is 11.6 Å². The van der Waals surface area contributed by atoms with Crippen LogP contribution in [-0.2, 0) is 6.54 Å². The van der Waals surface area contributed by atoms with E-state index in [1.807, 2.05) is 6.07 Å². The maximum Gasteiger partial charge on any atom is 0.191 e. The minimum atomic E-state index is 0. The lowest BCUT2D eigenvalue weighted by Crippen LogP contribution is -2.44. The molecule has 1 aliphatic carbocycles. The van der Waals surface area contributed by atoms with Gasteiger partial charge in [-0.3, -0.25) is 4.99 Å². The fraction of sp³-hybridized carbons (Fsp3) is 0.600. The lowest BCUT2D eigenvalue weighted by Gasteiger charge is -2.28. The lowest BCUT2D eigenvalue weighted by molar-refractivity contribution is 0.329. The molecule has 2 rings (SSSR count). The molecular formula is C15H24ClIN4. The molecule has 0 unspecified atom stereocenters. The van der Waals surface area contributed by atoms with Gasteiger partial charge in [0.15, 0.2) is 5.96 Å². The van der Waals surface area contributed by atoms with Crippen molar-refractivity contribution in [3.63, 3.8) is 0 Å². The highest BCUT2D eigenvalue weighted by Gasteiger charge is 2.18. The highest BCUT2D eigenvalue weighted by Crippen LogP contribution is 2.23. The van der Waals surface area contributed by atoms with E-state index in [1.54, 1.807) is 19.3 Å². The topological polar surface area (TPSA) is 49.3 Å². The summed E-state index contributed by atoms with van der Waals surface area (Å²) in [5.74, 6) is 1.72. The Labute approximate surface area is 149 Å². The zero-order valence-corrected chi connectivity index (χ0v) is 15.7. The highest BCUT2D eigenvalue weighted by molar-refractivity contribution is 14.0. The minimum absolute atomic E-state index is 0. The van der Waals surface area contributed by atoms with E-state index in [2.05, 4.69) is 27.5 Å². The van der Waals surface area contributed by atoms with Crippen LogP contribution in [0.15, 0.2) is 23.3 Å². The van der Waals surface area contributed by atoms with E-state index in [9.17, 15) is 0 Å². The van der Waals surface area contributed by atoms with Crippen molar-refractivity contribution in [2.24, 2.45) is 10.9 Å². The number of aliphatic imine (C=N–C) groups is 1. The molecule has 118 valence electrons. The van der Waals surface area contributed by atoms with E-state index in [0.717, 1.165) is 17.4 Å². The molecule has 0 bridgehead atoms. The third-order valence-electron chi connectivity index (χ3n) is 3.83. The monoisotopic (exact) mass is 422 g/mol. The van der Waals surface area contributed by atoms with E-state index in [-0.39, 0.29) is 24.0 Å². The second kappa shape index (κ2) is 9.46. The van der Waals surface area contributed by atoms with Crippen LogP contribution in [0.25, 0.3) is 0 Å². The van der Waals surface area contributed by atoms with Gasteiger partial charge in [-0.1, -0.05) is 24.6 Å². The van der Waals surface area contributed by atoms with Crippen molar-refractivity contribution in [2.45, 2.75) is 45.2 Å². The van der Waals surface area contributed by atoms with E-state index >= 15 is 0 Å². The zero-order valence-electron chi connectivity index (χ0n) is 12.6. The summed E-state index contributed by atoms with van der Waals surface area (Å²) < 4.78 is 0. The van der Waals surface area contributed by atoms with Gasteiger partial charge in [0.2, 0.25) is 0 Å². The molecule has 2 N–H and O–H groups in total. The molecule has 0 amide bonds. The van der Waals surface area contributed by atoms with Gasteiger partial charge in [-0.15, -0.1) is 24.0 Å². The molecule has 1 saturated carbocycles. The first-order chi connectivity index (χ1) is 9.67. The fourth-order valence-electron chi connectivity index (χ4n) is 2.49. The third-order valence-corrected chi connectivity index (χ3v) is 4.05. The van der Waals surface area contributed by atoms with E-state index in [1.165, 1.54) is 25.7 Å². The van der Waals surface area contributed by atoms with Crippen molar-refractivity contribution in [1.82, 2.24) is 15.6 Å². The van der Waals surface area contributed by atoms with Crippen molar-refractivity contribution in [3.8, 4) is 0 Å². The van der Waals surface area contributed by atoms with Gasteiger partial charge in [-0.05, 0) is 43.2 Å². The minimum Gasteiger partial charge on any atom is -0.354 e. The van der Waals surface area contributed by atoms with Gasteiger partial charge in [-0.25, -0.2) is 4.98 Å². The zero-order chi connectivity index (χ0) is 14.4. The van der Waals surface area contributed by atoms with E-state index < -0.39 is 0 Å². The quantitative estimate of drug-likeness (QED) is 0.339. The lowest BCUT2D eigenvalue weighted by atomic mass is 9.87.